The molecule has 0 saturated carbocycles. The highest BCUT2D eigenvalue weighted by atomic mass is 16.5. The molecule has 1 saturated heterocycles. The standard InChI is InChI=1S/C19H21N3O3/c1-25-18-4-2-3-15(13-18)19(24)20-16-5-7-17(8-6-16)22-11-9-21(14-23)10-12-22/h2-8,13-14H,9-12H2,1H3,(H,20,24). The highest BCUT2D eigenvalue weighted by molar-refractivity contribution is 6.04. The van der Waals surface area contributed by atoms with Crippen LogP contribution in [0.2, 0.25) is 0 Å². The second-order valence-corrected chi connectivity index (χ2v) is 5.86. The summed E-state index contributed by atoms with van der Waals surface area (Å²) < 4.78 is 5.14. The molecule has 1 aliphatic heterocycles. The minimum Gasteiger partial charge on any atom is -0.497 e. The van der Waals surface area contributed by atoms with Gasteiger partial charge in [0.1, 0.15) is 5.75 Å². The Morgan fingerprint density at radius 1 is 1.08 bits per heavy atom. The number of carbonyl (C=O) groups excluding carboxylic acids is 2. The van der Waals surface area contributed by atoms with Gasteiger partial charge in [0.15, 0.2) is 0 Å². The molecule has 3 rings (SSSR count). The SMILES string of the molecule is COc1cccc(C(=O)Nc2ccc(N3CCN(C=O)CC3)cc2)c1. The number of rotatable bonds is 5. The van der Waals surface area contributed by atoms with E-state index < -0.39 is 0 Å². The van der Waals surface area contributed by atoms with Crippen LogP contribution in [0.4, 0.5) is 11.4 Å². The van der Waals surface area contributed by atoms with E-state index in [0.717, 1.165) is 44.0 Å². The Morgan fingerprint density at radius 2 is 1.80 bits per heavy atom. The fraction of sp³-hybridized carbons (Fsp3) is 0.263. The van der Waals surface area contributed by atoms with E-state index in [2.05, 4.69) is 10.2 Å². The van der Waals surface area contributed by atoms with Crippen molar-refractivity contribution in [1.29, 1.82) is 0 Å². The summed E-state index contributed by atoms with van der Waals surface area (Å²) in [4.78, 5) is 27.1. The number of methoxy groups -OCH3 is 1. The molecule has 0 aliphatic carbocycles. The quantitative estimate of drug-likeness (QED) is 0.849. The molecular formula is C19H21N3O3. The molecule has 0 bridgehead atoms. The van der Waals surface area contributed by atoms with Crippen LogP contribution in [0.15, 0.2) is 48.5 Å². The highest BCUT2D eigenvalue weighted by Crippen LogP contribution is 2.20. The molecule has 0 aromatic heterocycles. The summed E-state index contributed by atoms with van der Waals surface area (Å²) >= 11 is 0. The average Bonchev–Trinajstić information content (AvgIpc) is 2.68. The molecule has 6 heteroatoms. The molecule has 0 radical (unpaired) electrons. The molecule has 6 nitrogen and oxygen atoms in total. The van der Waals surface area contributed by atoms with E-state index in [0.29, 0.717) is 11.3 Å². The molecule has 25 heavy (non-hydrogen) atoms. The van der Waals surface area contributed by atoms with Gasteiger partial charge in [-0.2, -0.15) is 0 Å². The lowest BCUT2D eigenvalue weighted by molar-refractivity contribution is -0.118. The zero-order chi connectivity index (χ0) is 17.6. The van der Waals surface area contributed by atoms with E-state index in [1.807, 2.05) is 24.3 Å². The fourth-order valence-corrected chi connectivity index (χ4v) is 2.81. The summed E-state index contributed by atoms with van der Waals surface area (Å²) in [5.74, 6) is 0.476. The lowest BCUT2D eigenvalue weighted by Gasteiger charge is -2.34. The average molecular weight is 339 g/mol. The van der Waals surface area contributed by atoms with Crippen LogP contribution in [0.1, 0.15) is 10.4 Å². The molecule has 130 valence electrons. The second-order valence-electron chi connectivity index (χ2n) is 5.86. The number of amides is 2. The van der Waals surface area contributed by atoms with Crippen LogP contribution >= 0.6 is 0 Å². The monoisotopic (exact) mass is 339 g/mol. The predicted molar refractivity (Wildman–Crippen MR) is 97.2 cm³/mol. The van der Waals surface area contributed by atoms with E-state index in [1.165, 1.54) is 0 Å². The first kappa shape index (κ1) is 16.8. The number of nitrogens with zero attached hydrogens (tertiary/aromatic N) is 2. The molecule has 2 aromatic rings. The highest BCUT2D eigenvalue weighted by Gasteiger charge is 2.15. The summed E-state index contributed by atoms with van der Waals surface area (Å²) in [6.07, 6.45) is 0.897. The normalized spacial score (nSPS) is 14.1. The number of carbonyl (C=O) groups is 2. The zero-order valence-corrected chi connectivity index (χ0v) is 14.1. The van der Waals surface area contributed by atoms with Gasteiger partial charge in [0, 0.05) is 43.1 Å². The Bertz CT molecular complexity index is 738. The summed E-state index contributed by atoms with van der Waals surface area (Å²) in [6, 6.07) is 14.8. The first-order valence-electron chi connectivity index (χ1n) is 8.19. The van der Waals surface area contributed by atoms with Crippen molar-refractivity contribution >= 4 is 23.7 Å². The fourth-order valence-electron chi connectivity index (χ4n) is 2.81. The number of benzene rings is 2. The molecule has 2 aromatic carbocycles. The predicted octanol–water partition coefficient (Wildman–Crippen LogP) is 2.23. The number of piperazine rings is 1. The molecule has 1 fully saturated rings. The van der Waals surface area contributed by atoms with Crippen LogP contribution < -0.4 is 15.0 Å². The van der Waals surface area contributed by atoms with Gasteiger partial charge in [-0.1, -0.05) is 6.07 Å². The van der Waals surface area contributed by atoms with Gasteiger partial charge in [-0.3, -0.25) is 9.59 Å². The second kappa shape index (κ2) is 7.70. The van der Waals surface area contributed by atoms with Gasteiger partial charge in [-0.15, -0.1) is 0 Å². The summed E-state index contributed by atoms with van der Waals surface area (Å²) in [5.41, 5.74) is 2.38. The maximum Gasteiger partial charge on any atom is 0.255 e. The van der Waals surface area contributed by atoms with Gasteiger partial charge in [-0.05, 0) is 42.5 Å². The first-order chi connectivity index (χ1) is 12.2. The van der Waals surface area contributed by atoms with Gasteiger partial charge in [0.25, 0.3) is 5.91 Å². The first-order valence-corrected chi connectivity index (χ1v) is 8.19. The molecule has 0 atom stereocenters. The zero-order valence-electron chi connectivity index (χ0n) is 14.1. The van der Waals surface area contributed by atoms with Crippen LogP contribution in [-0.2, 0) is 4.79 Å². The van der Waals surface area contributed by atoms with E-state index >= 15 is 0 Å². The van der Waals surface area contributed by atoms with Crippen molar-refractivity contribution in [2.24, 2.45) is 0 Å². The van der Waals surface area contributed by atoms with E-state index in [-0.39, 0.29) is 5.91 Å². The number of anilines is 2. The maximum atomic E-state index is 12.3. The third-order valence-electron chi connectivity index (χ3n) is 4.29. The maximum absolute atomic E-state index is 12.3. The molecule has 1 aliphatic rings. The number of nitrogens with one attached hydrogen (secondary N) is 1. The Kier molecular flexibility index (Phi) is 5.18. The Hall–Kier alpha value is -3.02. The molecule has 1 heterocycles. The van der Waals surface area contributed by atoms with Crippen molar-refractivity contribution in [2.75, 3.05) is 43.5 Å². The van der Waals surface area contributed by atoms with E-state index in [1.54, 1.807) is 36.3 Å². The largest absolute Gasteiger partial charge is 0.497 e. The topological polar surface area (TPSA) is 61.9 Å². The Balaban J connectivity index is 1.62. The Morgan fingerprint density at radius 3 is 2.44 bits per heavy atom. The van der Waals surface area contributed by atoms with E-state index in [9.17, 15) is 9.59 Å². The van der Waals surface area contributed by atoms with Crippen molar-refractivity contribution in [1.82, 2.24) is 4.90 Å². The van der Waals surface area contributed by atoms with E-state index in [4.69, 9.17) is 4.74 Å². The van der Waals surface area contributed by atoms with Crippen LogP contribution in [0.5, 0.6) is 5.75 Å². The molecule has 2 amide bonds. The van der Waals surface area contributed by atoms with Crippen LogP contribution in [0.3, 0.4) is 0 Å². The third-order valence-corrected chi connectivity index (χ3v) is 4.29. The molecule has 1 N–H and O–H groups in total. The van der Waals surface area contributed by atoms with Crippen molar-refractivity contribution in [3.8, 4) is 5.75 Å². The number of hydrogen-bond acceptors (Lipinski definition) is 4. The lowest BCUT2D eigenvalue weighted by Crippen LogP contribution is -2.45. The molecule has 0 spiro atoms. The smallest absolute Gasteiger partial charge is 0.255 e. The van der Waals surface area contributed by atoms with Crippen LogP contribution in [-0.4, -0.2) is 50.5 Å². The summed E-state index contributed by atoms with van der Waals surface area (Å²) in [6.45, 7) is 3.10. The van der Waals surface area contributed by atoms with Crippen molar-refractivity contribution in [2.45, 2.75) is 0 Å². The summed E-state index contributed by atoms with van der Waals surface area (Å²) in [5, 5.41) is 2.89. The van der Waals surface area contributed by atoms with Gasteiger partial charge >= 0.3 is 0 Å². The van der Waals surface area contributed by atoms with Gasteiger partial charge in [0.2, 0.25) is 6.41 Å². The molecular weight excluding hydrogens is 318 g/mol. The van der Waals surface area contributed by atoms with Crippen molar-refractivity contribution < 1.29 is 14.3 Å². The van der Waals surface area contributed by atoms with Gasteiger partial charge in [0.05, 0.1) is 7.11 Å². The Labute approximate surface area is 147 Å². The summed E-state index contributed by atoms with van der Waals surface area (Å²) in [7, 11) is 1.57. The van der Waals surface area contributed by atoms with Crippen LogP contribution in [0.25, 0.3) is 0 Å². The number of hydrogen-bond donors (Lipinski definition) is 1. The van der Waals surface area contributed by atoms with Gasteiger partial charge < -0.3 is 19.9 Å². The number of ether oxygens (including phenoxy) is 1. The molecule has 0 unspecified atom stereocenters. The van der Waals surface area contributed by atoms with Crippen LogP contribution in [0, 0.1) is 0 Å². The minimum absolute atomic E-state index is 0.175. The third kappa shape index (κ3) is 4.09. The minimum atomic E-state index is -0.175. The van der Waals surface area contributed by atoms with Gasteiger partial charge in [-0.25, -0.2) is 0 Å². The van der Waals surface area contributed by atoms with Crippen molar-refractivity contribution in [3.05, 3.63) is 54.1 Å². The van der Waals surface area contributed by atoms with Crippen molar-refractivity contribution in [3.63, 3.8) is 0 Å². The lowest BCUT2D eigenvalue weighted by atomic mass is 10.2.